The van der Waals surface area contributed by atoms with Gasteiger partial charge < -0.3 is 4.74 Å². The maximum atomic E-state index is 9.88. The molecule has 0 rings (SSSR count). The van der Waals surface area contributed by atoms with Crippen LogP contribution in [0.1, 0.15) is 46.0 Å². The minimum atomic E-state index is 0.442. The van der Waals surface area contributed by atoms with Gasteiger partial charge in [0.25, 0.3) is 6.47 Å². The van der Waals surface area contributed by atoms with E-state index in [0.717, 1.165) is 12.0 Å². The Labute approximate surface area is 81.0 Å². The third kappa shape index (κ3) is 9.12. The van der Waals surface area contributed by atoms with Crippen LogP contribution in [0.4, 0.5) is 0 Å². The molecule has 0 unspecified atom stereocenters. The van der Waals surface area contributed by atoms with Gasteiger partial charge in [-0.3, -0.25) is 4.79 Å². The Morgan fingerprint density at radius 3 is 2.69 bits per heavy atom. The van der Waals surface area contributed by atoms with Crippen molar-refractivity contribution in [3.05, 3.63) is 11.6 Å². The van der Waals surface area contributed by atoms with E-state index in [2.05, 4.69) is 17.7 Å². The highest BCUT2D eigenvalue weighted by molar-refractivity contribution is 5.37. The summed E-state index contributed by atoms with van der Waals surface area (Å²) in [4.78, 5) is 9.88. The average molecular weight is 184 g/mol. The standard InChI is InChI=1S/C11H20O2/c1-3-4-5-6-7-8-11(2)9-13-10-12/h8,10H,3-7,9H2,1-2H3/b11-8-. The summed E-state index contributed by atoms with van der Waals surface area (Å²) >= 11 is 0. The van der Waals surface area contributed by atoms with Crippen LogP contribution in [0.2, 0.25) is 0 Å². The smallest absolute Gasteiger partial charge is 0.293 e. The molecule has 0 amide bonds. The molecule has 0 N–H and O–H groups in total. The van der Waals surface area contributed by atoms with E-state index < -0.39 is 0 Å². The first-order chi connectivity index (χ1) is 6.31. The lowest BCUT2D eigenvalue weighted by Crippen LogP contribution is -1.92. The molecule has 0 aromatic heterocycles. The van der Waals surface area contributed by atoms with E-state index in [-0.39, 0.29) is 0 Å². The van der Waals surface area contributed by atoms with Crippen molar-refractivity contribution in [2.75, 3.05) is 6.61 Å². The molecule has 0 aromatic rings. The molecular weight excluding hydrogens is 164 g/mol. The highest BCUT2D eigenvalue weighted by Crippen LogP contribution is 2.05. The van der Waals surface area contributed by atoms with Crippen molar-refractivity contribution in [1.29, 1.82) is 0 Å². The number of carbonyl (C=O) groups is 1. The van der Waals surface area contributed by atoms with Crippen LogP contribution in [-0.4, -0.2) is 13.1 Å². The Balaban J connectivity index is 3.30. The maximum absolute atomic E-state index is 9.88. The van der Waals surface area contributed by atoms with Gasteiger partial charge in [-0.2, -0.15) is 0 Å². The number of rotatable bonds is 8. The van der Waals surface area contributed by atoms with Crippen LogP contribution in [-0.2, 0) is 9.53 Å². The normalized spacial score (nSPS) is 11.4. The Hall–Kier alpha value is -0.790. The first-order valence-electron chi connectivity index (χ1n) is 5.02. The fourth-order valence-corrected chi connectivity index (χ4v) is 1.14. The van der Waals surface area contributed by atoms with E-state index >= 15 is 0 Å². The zero-order valence-electron chi connectivity index (χ0n) is 8.71. The number of ether oxygens (including phenoxy) is 1. The van der Waals surface area contributed by atoms with Crippen molar-refractivity contribution in [3.8, 4) is 0 Å². The Bertz CT molecular complexity index is 150. The minimum Gasteiger partial charge on any atom is -0.463 e. The third-order valence-electron chi connectivity index (χ3n) is 1.93. The molecule has 0 heterocycles. The molecule has 76 valence electrons. The van der Waals surface area contributed by atoms with Crippen molar-refractivity contribution in [2.24, 2.45) is 0 Å². The van der Waals surface area contributed by atoms with Crippen LogP contribution < -0.4 is 0 Å². The molecule has 0 bridgehead atoms. The summed E-state index contributed by atoms with van der Waals surface area (Å²) in [5.74, 6) is 0. The molecule has 0 fully saturated rings. The second-order valence-corrected chi connectivity index (χ2v) is 3.31. The fourth-order valence-electron chi connectivity index (χ4n) is 1.14. The zero-order chi connectivity index (χ0) is 9.94. The lowest BCUT2D eigenvalue weighted by molar-refractivity contribution is -0.127. The second-order valence-electron chi connectivity index (χ2n) is 3.31. The number of hydrogen-bond donors (Lipinski definition) is 0. The highest BCUT2D eigenvalue weighted by atomic mass is 16.5. The van der Waals surface area contributed by atoms with Crippen LogP contribution in [0.15, 0.2) is 11.6 Å². The van der Waals surface area contributed by atoms with Crippen molar-refractivity contribution >= 4 is 6.47 Å². The van der Waals surface area contributed by atoms with E-state index in [4.69, 9.17) is 0 Å². The molecule has 0 radical (unpaired) electrons. The van der Waals surface area contributed by atoms with Crippen LogP contribution >= 0.6 is 0 Å². The molecular formula is C11H20O2. The van der Waals surface area contributed by atoms with Crippen molar-refractivity contribution in [3.63, 3.8) is 0 Å². The van der Waals surface area contributed by atoms with E-state index in [1.807, 2.05) is 6.92 Å². The van der Waals surface area contributed by atoms with Gasteiger partial charge in [-0.15, -0.1) is 0 Å². The Kier molecular flexibility index (Phi) is 8.73. The quantitative estimate of drug-likeness (QED) is 0.329. The number of carbonyl (C=O) groups excluding carboxylic acids is 1. The van der Waals surface area contributed by atoms with E-state index in [1.165, 1.54) is 25.7 Å². The van der Waals surface area contributed by atoms with Crippen LogP contribution in [0.5, 0.6) is 0 Å². The summed E-state index contributed by atoms with van der Waals surface area (Å²) in [5, 5.41) is 0. The van der Waals surface area contributed by atoms with Gasteiger partial charge in [-0.05, 0) is 25.3 Å². The summed E-state index contributed by atoms with van der Waals surface area (Å²) < 4.78 is 4.62. The van der Waals surface area contributed by atoms with Crippen molar-refractivity contribution in [1.82, 2.24) is 0 Å². The topological polar surface area (TPSA) is 26.3 Å². The second kappa shape index (κ2) is 9.30. The van der Waals surface area contributed by atoms with Crippen LogP contribution in [0, 0.1) is 0 Å². The molecule has 0 saturated carbocycles. The molecule has 0 atom stereocenters. The summed E-state index contributed by atoms with van der Waals surface area (Å²) in [6, 6.07) is 0. The predicted molar refractivity (Wildman–Crippen MR) is 54.5 cm³/mol. The zero-order valence-corrected chi connectivity index (χ0v) is 8.71. The van der Waals surface area contributed by atoms with Crippen molar-refractivity contribution in [2.45, 2.75) is 46.0 Å². The first-order valence-corrected chi connectivity index (χ1v) is 5.02. The van der Waals surface area contributed by atoms with Gasteiger partial charge in [0.1, 0.15) is 6.61 Å². The third-order valence-corrected chi connectivity index (χ3v) is 1.93. The van der Waals surface area contributed by atoms with E-state index in [1.54, 1.807) is 0 Å². The SMILES string of the molecule is CCCCCC/C=C(/C)COC=O. The molecule has 2 nitrogen and oxygen atoms in total. The van der Waals surface area contributed by atoms with Crippen molar-refractivity contribution < 1.29 is 9.53 Å². The van der Waals surface area contributed by atoms with Gasteiger partial charge >= 0.3 is 0 Å². The lowest BCUT2D eigenvalue weighted by atomic mass is 10.1. The van der Waals surface area contributed by atoms with Gasteiger partial charge in [-0.25, -0.2) is 0 Å². The van der Waals surface area contributed by atoms with E-state index in [0.29, 0.717) is 13.1 Å². The van der Waals surface area contributed by atoms with Crippen LogP contribution in [0.25, 0.3) is 0 Å². The van der Waals surface area contributed by atoms with E-state index in [9.17, 15) is 4.79 Å². The molecule has 0 aromatic carbocycles. The Morgan fingerprint density at radius 1 is 1.31 bits per heavy atom. The largest absolute Gasteiger partial charge is 0.463 e. The van der Waals surface area contributed by atoms with Gasteiger partial charge in [0.05, 0.1) is 0 Å². The maximum Gasteiger partial charge on any atom is 0.293 e. The highest BCUT2D eigenvalue weighted by Gasteiger charge is 1.89. The summed E-state index contributed by atoms with van der Waals surface area (Å²) in [6.07, 6.45) is 8.39. The lowest BCUT2D eigenvalue weighted by Gasteiger charge is -1.99. The van der Waals surface area contributed by atoms with Gasteiger partial charge in [0, 0.05) is 0 Å². The predicted octanol–water partition coefficient (Wildman–Crippen LogP) is 3.08. The first kappa shape index (κ1) is 12.2. The van der Waals surface area contributed by atoms with Gasteiger partial charge in [-0.1, -0.05) is 32.3 Å². The summed E-state index contributed by atoms with van der Waals surface area (Å²) in [7, 11) is 0. The monoisotopic (exact) mass is 184 g/mol. The van der Waals surface area contributed by atoms with Gasteiger partial charge in [0.2, 0.25) is 0 Å². The Morgan fingerprint density at radius 2 is 2.08 bits per heavy atom. The van der Waals surface area contributed by atoms with Crippen LogP contribution in [0.3, 0.4) is 0 Å². The number of allylic oxidation sites excluding steroid dienone is 1. The molecule has 0 saturated heterocycles. The number of hydrogen-bond acceptors (Lipinski definition) is 2. The molecule has 0 spiro atoms. The number of unbranched alkanes of at least 4 members (excludes halogenated alkanes) is 4. The molecule has 0 aliphatic heterocycles. The average Bonchev–Trinajstić information content (AvgIpc) is 2.14. The minimum absolute atomic E-state index is 0.442. The molecule has 2 heteroatoms. The summed E-state index contributed by atoms with van der Waals surface area (Å²) in [6.45, 7) is 5.13. The fraction of sp³-hybridized carbons (Fsp3) is 0.727. The summed E-state index contributed by atoms with van der Waals surface area (Å²) in [5.41, 5.74) is 1.14. The van der Waals surface area contributed by atoms with Gasteiger partial charge in [0.15, 0.2) is 0 Å². The molecule has 0 aliphatic rings. The molecule has 0 aliphatic carbocycles. The molecule has 13 heavy (non-hydrogen) atoms.